The van der Waals surface area contributed by atoms with Crippen LogP contribution in [0.2, 0.25) is 0 Å². The molecule has 2 aromatic carbocycles. The number of aryl methyl sites for hydroxylation is 1. The molecule has 2 aromatic heterocycles. The number of carbonyl (C=O) groups is 1. The van der Waals surface area contributed by atoms with Crippen molar-refractivity contribution in [3.05, 3.63) is 72.4 Å². The van der Waals surface area contributed by atoms with E-state index in [-0.39, 0.29) is 5.91 Å². The molecule has 0 bridgehead atoms. The fourth-order valence-electron chi connectivity index (χ4n) is 5.11. The topological polar surface area (TPSA) is 90.9 Å². The summed E-state index contributed by atoms with van der Waals surface area (Å²) in [5.74, 6) is -0.0352. The van der Waals surface area contributed by atoms with Crippen LogP contribution in [-0.2, 0) is 17.6 Å². The van der Waals surface area contributed by atoms with Crippen molar-refractivity contribution in [3.8, 4) is 5.69 Å². The van der Waals surface area contributed by atoms with Crippen molar-refractivity contribution in [3.63, 3.8) is 0 Å². The summed E-state index contributed by atoms with van der Waals surface area (Å²) in [6.07, 6.45) is 9.86. The van der Waals surface area contributed by atoms with E-state index in [0.29, 0.717) is 6.04 Å². The van der Waals surface area contributed by atoms with E-state index in [1.54, 1.807) is 19.6 Å². The molecule has 3 heterocycles. The zero-order valence-electron chi connectivity index (χ0n) is 20.2. The number of nitrogens with one attached hydrogen (secondary N) is 3. The monoisotopic (exact) mass is 471 g/mol. The summed E-state index contributed by atoms with van der Waals surface area (Å²) in [5.41, 5.74) is 5.72. The maximum absolute atomic E-state index is 11.5. The van der Waals surface area contributed by atoms with Gasteiger partial charge in [0.15, 0.2) is 0 Å². The molecular weight excluding hydrogens is 438 g/mol. The molecule has 1 aliphatic heterocycles. The molecule has 1 saturated heterocycles. The molecule has 35 heavy (non-hydrogen) atoms. The second-order valence-electron chi connectivity index (χ2n) is 9.33. The summed E-state index contributed by atoms with van der Waals surface area (Å²) in [6.45, 7) is 5.78. The summed E-state index contributed by atoms with van der Waals surface area (Å²) in [6, 6.07) is 15.2. The Morgan fingerprint density at radius 2 is 1.94 bits per heavy atom. The maximum Gasteiger partial charge on any atom is 0.221 e. The molecule has 1 atom stereocenters. The normalized spacial score (nSPS) is 15.3. The fraction of sp³-hybridized carbons (Fsp3) is 0.370. The number of carbonyl (C=O) groups excluding carboxylic acids is 1. The van der Waals surface area contributed by atoms with E-state index < -0.39 is 0 Å². The molecule has 8 nitrogen and oxygen atoms in total. The van der Waals surface area contributed by atoms with E-state index >= 15 is 0 Å². The highest BCUT2D eigenvalue weighted by atomic mass is 16.1. The van der Waals surface area contributed by atoms with Gasteiger partial charge in [-0.3, -0.25) is 14.3 Å². The van der Waals surface area contributed by atoms with Gasteiger partial charge in [-0.1, -0.05) is 12.1 Å². The van der Waals surface area contributed by atoms with Gasteiger partial charge in [0.1, 0.15) is 12.7 Å². The number of fused-ring (bicyclic) bond motifs is 1. The molecule has 1 unspecified atom stereocenters. The number of benzene rings is 2. The summed E-state index contributed by atoms with van der Waals surface area (Å²) in [5, 5.41) is 15.5. The predicted molar refractivity (Wildman–Crippen MR) is 139 cm³/mol. The Bertz CT molecular complexity index is 1260. The van der Waals surface area contributed by atoms with Crippen LogP contribution in [0.4, 0.5) is 5.69 Å². The van der Waals surface area contributed by atoms with Crippen LogP contribution in [0.1, 0.15) is 30.9 Å². The second kappa shape index (κ2) is 10.8. The zero-order chi connectivity index (χ0) is 24.0. The lowest BCUT2D eigenvalue weighted by Crippen LogP contribution is -2.49. The van der Waals surface area contributed by atoms with Gasteiger partial charge < -0.3 is 15.6 Å². The minimum Gasteiger partial charge on any atom is -0.361 e. The minimum atomic E-state index is -0.0352. The van der Waals surface area contributed by atoms with E-state index in [9.17, 15) is 4.79 Å². The van der Waals surface area contributed by atoms with E-state index in [2.05, 4.69) is 67.2 Å². The van der Waals surface area contributed by atoms with Crippen LogP contribution in [0.25, 0.3) is 16.6 Å². The number of piperazine rings is 1. The second-order valence-corrected chi connectivity index (χ2v) is 9.33. The Labute approximate surface area is 205 Å². The first-order valence-electron chi connectivity index (χ1n) is 12.4. The molecule has 3 N–H and O–H groups in total. The first kappa shape index (κ1) is 23.3. The highest BCUT2D eigenvalue weighted by Crippen LogP contribution is 2.25. The van der Waals surface area contributed by atoms with Crippen LogP contribution in [0.5, 0.6) is 0 Å². The molecule has 0 saturated carbocycles. The summed E-state index contributed by atoms with van der Waals surface area (Å²) in [4.78, 5) is 17.5. The van der Waals surface area contributed by atoms with Gasteiger partial charge >= 0.3 is 0 Å². The number of amides is 1. The SMILES string of the molecule is CC(=O)Nc1cccc(CC(CCCc2c[nH]c3ccc(-n4cnnc4)cc23)N2CCNCC2)c1. The lowest BCUT2D eigenvalue weighted by molar-refractivity contribution is -0.114. The first-order chi connectivity index (χ1) is 17.2. The smallest absolute Gasteiger partial charge is 0.221 e. The molecule has 1 aliphatic rings. The van der Waals surface area contributed by atoms with Gasteiger partial charge in [-0.25, -0.2) is 0 Å². The van der Waals surface area contributed by atoms with Crippen LogP contribution in [-0.4, -0.2) is 62.8 Å². The van der Waals surface area contributed by atoms with Crippen LogP contribution in [0, 0.1) is 0 Å². The predicted octanol–water partition coefficient (Wildman–Crippen LogP) is 3.55. The molecule has 8 heteroatoms. The van der Waals surface area contributed by atoms with Crippen molar-refractivity contribution >= 4 is 22.5 Å². The van der Waals surface area contributed by atoms with Crippen LogP contribution >= 0.6 is 0 Å². The van der Waals surface area contributed by atoms with Gasteiger partial charge in [0.25, 0.3) is 0 Å². The molecule has 0 aliphatic carbocycles. The standard InChI is InChI=1S/C27H33N7O/c1-20(35)32-23-6-2-4-21(14-23)15-24(33-12-10-28-11-13-33)7-3-5-22-17-29-27-9-8-25(16-26(22)27)34-18-30-31-19-34/h2,4,6,8-9,14,16-19,24,28-29H,3,5,7,10-13,15H2,1H3,(H,32,35). The fourth-order valence-corrected chi connectivity index (χ4v) is 5.11. The van der Waals surface area contributed by atoms with Crippen LogP contribution in [0.15, 0.2) is 61.3 Å². The number of rotatable bonds is 9. The summed E-state index contributed by atoms with van der Waals surface area (Å²) < 4.78 is 1.94. The third kappa shape index (κ3) is 5.78. The average Bonchev–Trinajstić information content (AvgIpc) is 3.54. The molecule has 5 rings (SSSR count). The number of hydrogen-bond donors (Lipinski definition) is 3. The average molecular weight is 472 g/mol. The number of aromatic amines is 1. The molecule has 1 amide bonds. The Hall–Kier alpha value is -3.49. The highest BCUT2D eigenvalue weighted by molar-refractivity contribution is 5.88. The Morgan fingerprint density at radius 1 is 1.11 bits per heavy atom. The Morgan fingerprint density at radius 3 is 2.74 bits per heavy atom. The van der Waals surface area contributed by atoms with Crippen molar-refractivity contribution in [1.29, 1.82) is 0 Å². The maximum atomic E-state index is 11.5. The largest absolute Gasteiger partial charge is 0.361 e. The summed E-state index contributed by atoms with van der Waals surface area (Å²) in [7, 11) is 0. The van der Waals surface area contributed by atoms with Gasteiger partial charge in [-0.05, 0) is 67.1 Å². The van der Waals surface area contributed by atoms with Crippen molar-refractivity contribution in [2.75, 3.05) is 31.5 Å². The lowest BCUT2D eigenvalue weighted by Gasteiger charge is -2.35. The minimum absolute atomic E-state index is 0.0352. The van der Waals surface area contributed by atoms with Gasteiger partial charge in [0.2, 0.25) is 5.91 Å². The number of H-pyrrole nitrogens is 1. The zero-order valence-corrected chi connectivity index (χ0v) is 20.2. The van der Waals surface area contributed by atoms with Crippen LogP contribution < -0.4 is 10.6 Å². The van der Waals surface area contributed by atoms with Gasteiger partial charge in [-0.15, -0.1) is 10.2 Å². The highest BCUT2D eigenvalue weighted by Gasteiger charge is 2.21. The van der Waals surface area contributed by atoms with E-state index in [4.69, 9.17) is 0 Å². The molecule has 1 fully saturated rings. The van der Waals surface area contributed by atoms with Crippen LogP contribution in [0.3, 0.4) is 0 Å². The van der Waals surface area contributed by atoms with Crippen molar-refractivity contribution < 1.29 is 4.79 Å². The van der Waals surface area contributed by atoms with Gasteiger partial charge in [-0.2, -0.15) is 0 Å². The third-order valence-electron chi connectivity index (χ3n) is 6.84. The number of hydrogen-bond acceptors (Lipinski definition) is 5. The van der Waals surface area contributed by atoms with Gasteiger partial charge in [0.05, 0.1) is 0 Å². The van der Waals surface area contributed by atoms with E-state index in [1.165, 1.54) is 16.5 Å². The molecule has 4 aromatic rings. The van der Waals surface area contributed by atoms with Crippen molar-refractivity contribution in [1.82, 2.24) is 30.0 Å². The molecule has 0 spiro atoms. The Balaban J connectivity index is 1.28. The van der Waals surface area contributed by atoms with Crippen molar-refractivity contribution in [2.45, 2.75) is 38.6 Å². The number of anilines is 1. The molecule has 182 valence electrons. The van der Waals surface area contributed by atoms with E-state index in [0.717, 1.165) is 68.8 Å². The summed E-state index contributed by atoms with van der Waals surface area (Å²) >= 11 is 0. The number of aromatic nitrogens is 4. The number of nitrogens with zero attached hydrogens (tertiary/aromatic N) is 4. The lowest BCUT2D eigenvalue weighted by atomic mass is 9.96. The van der Waals surface area contributed by atoms with E-state index in [1.807, 2.05) is 16.7 Å². The Kier molecular flexibility index (Phi) is 7.20. The van der Waals surface area contributed by atoms with Gasteiger partial charge in [0, 0.05) is 67.6 Å². The van der Waals surface area contributed by atoms with Crippen molar-refractivity contribution in [2.24, 2.45) is 0 Å². The quantitative estimate of drug-likeness (QED) is 0.347. The molecule has 0 radical (unpaired) electrons. The molecular formula is C27H33N7O. The first-order valence-corrected chi connectivity index (χ1v) is 12.4. The third-order valence-corrected chi connectivity index (χ3v) is 6.84.